The summed E-state index contributed by atoms with van der Waals surface area (Å²) >= 11 is 0. The smallest absolute Gasteiger partial charge is 0.331 e. The molecule has 0 saturated heterocycles. The van der Waals surface area contributed by atoms with Crippen LogP contribution in [0.3, 0.4) is 0 Å². The van der Waals surface area contributed by atoms with E-state index in [9.17, 15) is 9.59 Å². The van der Waals surface area contributed by atoms with Crippen LogP contribution in [0.15, 0.2) is 36.5 Å². The van der Waals surface area contributed by atoms with Gasteiger partial charge in [0.25, 0.3) is 0 Å². The van der Waals surface area contributed by atoms with E-state index < -0.39 is 0 Å². The maximum Gasteiger partial charge on any atom is 0.331 e. The third-order valence-corrected chi connectivity index (χ3v) is 1.96. The molecule has 80 valence electrons. The van der Waals surface area contributed by atoms with Gasteiger partial charge < -0.3 is 4.74 Å². The molecule has 0 aromatic carbocycles. The fraction of sp³-hybridized carbons (Fsp3) is 0.333. The van der Waals surface area contributed by atoms with Crippen molar-refractivity contribution in [1.29, 1.82) is 0 Å². The summed E-state index contributed by atoms with van der Waals surface area (Å²) in [6, 6.07) is 0. The Balaban J connectivity index is 2.38. The minimum Gasteiger partial charge on any atom is -0.455 e. The van der Waals surface area contributed by atoms with Gasteiger partial charge in [0.2, 0.25) is 0 Å². The summed E-state index contributed by atoms with van der Waals surface area (Å²) in [5.74, 6) is -0.232. The molecule has 1 aliphatic rings. The minimum absolute atomic E-state index is 0.0835. The number of carbonyl (C=O) groups is 2. The molecule has 1 atom stereocenters. The summed E-state index contributed by atoms with van der Waals surface area (Å²) in [4.78, 5) is 21.7. The predicted molar refractivity (Wildman–Crippen MR) is 57.2 cm³/mol. The molecule has 3 heteroatoms. The second kappa shape index (κ2) is 5.96. The predicted octanol–water partition coefficient (Wildman–Crippen LogP) is 1.95. The second-order valence-electron chi connectivity index (χ2n) is 3.18. The summed E-state index contributed by atoms with van der Waals surface area (Å²) in [5.41, 5.74) is 0. The van der Waals surface area contributed by atoms with Crippen molar-refractivity contribution in [3.8, 4) is 0 Å². The summed E-state index contributed by atoms with van der Waals surface area (Å²) < 4.78 is 4.99. The van der Waals surface area contributed by atoms with Gasteiger partial charge >= 0.3 is 5.97 Å². The lowest BCUT2D eigenvalue weighted by Crippen LogP contribution is -2.17. The van der Waals surface area contributed by atoms with Crippen molar-refractivity contribution < 1.29 is 14.3 Å². The Kier molecular flexibility index (Phi) is 4.54. The number of ketones is 1. The molecule has 0 fully saturated rings. The molecule has 1 aliphatic heterocycles. The van der Waals surface area contributed by atoms with Gasteiger partial charge in [-0.05, 0) is 12.2 Å². The number of carbonyl (C=O) groups excluding carboxylic acids is 2. The van der Waals surface area contributed by atoms with Crippen molar-refractivity contribution in [2.45, 2.75) is 25.9 Å². The fourth-order valence-corrected chi connectivity index (χ4v) is 1.12. The molecule has 15 heavy (non-hydrogen) atoms. The first-order valence-electron chi connectivity index (χ1n) is 4.97. The zero-order valence-electron chi connectivity index (χ0n) is 8.68. The molecule has 0 aliphatic carbocycles. The van der Waals surface area contributed by atoms with Crippen LogP contribution in [0.25, 0.3) is 0 Å². The number of ether oxygens (including phenoxy) is 1. The third kappa shape index (κ3) is 4.40. The summed E-state index contributed by atoms with van der Waals surface area (Å²) in [7, 11) is 0. The zero-order valence-corrected chi connectivity index (χ0v) is 8.68. The third-order valence-electron chi connectivity index (χ3n) is 1.96. The first-order chi connectivity index (χ1) is 7.22. The van der Waals surface area contributed by atoms with Crippen LogP contribution in [0.5, 0.6) is 0 Å². The lowest BCUT2D eigenvalue weighted by molar-refractivity contribution is -0.141. The van der Waals surface area contributed by atoms with Crippen LogP contribution in [0.2, 0.25) is 0 Å². The summed E-state index contributed by atoms with van der Waals surface area (Å²) in [6.45, 7) is 1.81. The molecule has 0 radical (unpaired) electrons. The van der Waals surface area contributed by atoms with Crippen LogP contribution in [-0.4, -0.2) is 17.9 Å². The van der Waals surface area contributed by atoms with E-state index in [1.807, 2.05) is 6.92 Å². The van der Waals surface area contributed by atoms with Crippen molar-refractivity contribution in [3.63, 3.8) is 0 Å². The molecular formula is C12H14O3. The van der Waals surface area contributed by atoms with Gasteiger partial charge in [-0.25, -0.2) is 4.79 Å². The van der Waals surface area contributed by atoms with Crippen LogP contribution in [0.4, 0.5) is 0 Å². The molecule has 0 saturated carbocycles. The first kappa shape index (κ1) is 11.4. The number of hydrogen-bond donors (Lipinski definition) is 0. The molecule has 1 unspecified atom stereocenters. The van der Waals surface area contributed by atoms with Crippen LogP contribution < -0.4 is 0 Å². The average Bonchev–Trinajstić information content (AvgIpc) is 2.24. The quantitative estimate of drug-likeness (QED) is 0.401. The molecule has 1 rings (SSSR count). The maximum absolute atomic E-state index is 10.9. The topological polar surface area (TPSA) is 43.4 Å². The molecule has 1 heterocycles. The van der Waals surface area contributed by atoms with Gasteiger partial charge in [0, 0.05) is 18.9 Å². The molecule has 0 N–H and O–H groups in total. The van der Waals surface area contributed by atoms with E-state index in [0.29, 0.717) is 12.8 Å². The normalized spacial score (nSPS) is 21.1. The van der Waals surface area contributed by atoms with Crippen molar-refractivity contribution in [3.05, 3.63) is 36.5 Å². The monoisotopic (exact) mass is 206 g/mol. The number of cyclic esters (lactones) is 1. The van der Waals surface area contributed by atoms with E-state index >= 15 is 0 Å². The van der Waals surface area contributed by atoms with Gasteiger partial charge in [-0.15, -0.1) is 0 Å². The van der Waals surface area contributed by atoms with Gasteiger partial charge in [-0.1, -0.05) is 25.2 Å². The average molecular weight is 206 g/mol. The van der Waals surface area contributed by atoms with E-state index in [1.165, 1.54) is 12.2 Å². The van der Waals surface area contributed by atoms with Gasteiger partial charge in [0.1, 0.15) is 6.10 Å². The van der Waals surface area contributed by atoms with Crippen molar-refractivity contribution >= 4 is 11.8 Å². The van der Waals surface area contributed by atoms with Gasteiger partial charge in [0.05, 0.1) is 0 Å². The largest absolute Gasteiger partial charge is 0.455 e. The Morgan fingerprint density at radius 2 is 2.40 bits per heavy atom. The van der Waals surface area contributed by atoms with Crippen LogP contribution in [0.1, 0.15) is 19.8 Å². The highest BCUT2D eigenvalue weighted by molar-refractivity contribution is 5.89. The minimum atomic E-state index is -0.315. The summed E-state index contributed by atoms with van der Waals surface area (Å²) in [6.07, 6.45) is 10.9. The van der Waals surface area contributed by atoms with E-state index in [1.54, 1.807) is 24.3 Å². The summed E-state index contributed by atoms with van der Waals surface area (Å²) in [5, 5.41) is 0. The van der Waals surface area contributed by atoms with E-state index in [4.69, 9.17) is 4.74 Å². The molecule has 3 nitrogen and oxygen atoms in total. The van der Waals surface area contributed by atoms with E-state index in [2.05, 4.69) is 0 Å². The molecule has 0 aromatic heterocycles. The highest BCUT2D eigenvalue weighted by Crippen LogP contribution is 2.08. The number of hydrogen-bond acceptors (Lipinski definition) is 3. The maximum atomic E-state index is 10.9. The first-order valence-corrected chi connectivity index (χ1v) is 4.97. The lowest BCUT2D eigenvalue weighted by Gasteiger charge is -2.13. The SMILES string of the molecule is CCC(=O)C=CC=CC1CC=CC(=O)O1. The van der Waals surface area contributed by atoms with Crippen LogP contribution in [0, 0.1) is 0 Å². The number of allylic oxidation sites excluding steroid dienone is 3. The van der Waals surface area contributed by atoms with Crippen molar-refractivity contribution in [2.24, 2.45) is 0 Å². The molecule has 0 amide bonds. The van der Waals surface area contributed by atoms with E-state index in [0.717, 1.165) is 0 Å². The Bertz CT molecular complexity index is 324. The van der Waals surface area contributed by atoms with Gasteiger partial charge in [0.15, 0.2) is 5.78 Å². The zero-order chi connectivity index (χ0) is 11.1. The highest BCUT2D eigenvalue weighted by atomic mass is 16.5. The Hall–Kier alpha value is -1.64. The molecular weight excluding hydrogens is 192 g/mol. The van der Waals surface area contributed by atoms with Crippen molar-refractivity contribution in [2.75, 3.05) is 0 Å². The Labute approximate surface area is 89.1 Å². The highest BCUT2D eigenvalue weighted by Gasteiger charge is 2.11. The number of rotatable bonds is 4. The van der Waals surface area contributed by atoms with Crippen LogP contribution in [-0.2, 0) is 14.3 Å². The van der Waals surface area contributed by atoms with Crippen LogP contribution >= 0.6 is 0 Å². The molecule has 0 spiro atoms. The van der Waals surface area contributed by atoms with Crippen molar-refractivity contribution in [1.82, 2.24) is 0 Å². The van der Waals surface area contributed by atoms with Gasteiger partial charge in [-0.2, -0.15) is 0 Å². The Morgan fingerprint density at radius 3 is 3.07 bits per heavy atom. The van der Waals surface area contributed by atoms with E-state index in [-0.39, 0.29) is 17.9 Å². The lowest BCUT2D eigenvalue weighted by atomic mass is 10.2. The second-order valence-corrected chi connectivity index (χ2v) is 3.18. The molecule has 0 bridgehead atoms. The number of esters is 1. The van der Waals surface area contributed by atoms with Gasteiger partial charge in [-0.3, -0.25) is 4.79 Å². The fourth-order valence-electron chi connectivity index (χ4n) is 1.12. The standard InChI is InChI=1S/C12H14O3/c1-2-10(13)6-3-4-7-11-8-5-9-12(14)15-11/h3-7,9,11H,2,8H2,1H3. The molecule has 0 aromatic rings. The Morgan fingerprint density at radius 1 is 1.60 bits per heavy atom.